The van der Waals surface area contributed by atoms with Gasteiger partial charge in [0, 0.05) is 17.1 Å². The summed E-state index contributed by atoms with van der Waals surface area (Å²) in [6.07, 6.45) is 0.802. The summed E-state index contributed by atoms with van der Waals surface area (Å²) in [4.78, 5) is 11.8. The van der Waals surface area contributed by atoms with Gasteiger partial charge in [-0.25, -0.2) is 0 Å². The molecule has 86 valence electrons. The normalized spacial score (nSPS) is 22.4. The Kier molecular flexibility index (Phi) is 2.34. The minimum atomic E-state index is -0.00558. The Bertz CT molecular complexity index is 574. The number of benzene rings is 2. The second-order valence-corrected chi connectivity index (χ2v) is 4.52. The van der Waals surface area contributed by atoms with E-state index in [2.05, 4.69) is 5.32 Å². The van der Waals surface area contributed by atoms with Crippen LogP contribution in [-0.4, -0.2) is 11.9 Å². The van der Waals surface area contributed by atoms with Gasteiger partial charge >= 0.3 is 0 Å². The predicted octanol–water partition coefficient (Wildman–Crippen LogP) is 2.13. The molecule has 0 aliphatic heterocycles. The minimum absolute atomic E-state index is 0.00558. The lowest BCUT2D eigenvalue weighted by molar-refractivity contribution is -0.117. The second kappa shape index (κ2) is 3.86. The number of fused-ring (bicyclic) bond motifs is 1. The van der Waals surface area contributed by atoms with Crippen molar-refractivity contribution in [2.75, 3.05) is 5.32 Å². The fourth-order valence-corrected chi connectivity index (χ4v) is 2.08. The first-order valence-electron chi connectivity index (χ1n) is 5.80. The molecule has 1 aliphatic carbocycles. The van der Waals surface area contributed by atoms with Crippen LogP contribution in [0, 0.1) is 5.92 Å². The van der Waals surface area contributed by atoms with Gasteiger partial charge in [-0.2, -0.15) is 0 Å². The number of hydrogen-bond acceptors (Lipinski definition) is 2. The summed E-state index contributed by atoms with van der Waals surface area (Å²) in [5.41, 5.74) is 6.54. The quantitative estimate of drug-likeness (QED) is 0.824. The molecule has 0 aromatic heterocycles. The number of rotatable bonds is 2. The van der Waals surface area contributed by atoms with Gasteiger partial charge in [-0.3, -0.25) is 4.79 Å². The lowest BCUT2D eigenvalue weighted by atomic mass is 10.1. The maximum atomic E-state index is 11.8. The highest BCUT2D eigenvalue weighted by atomic mass is 16.2. The number of carbonyl (C=O) groups excluding carboxylic acids is 1. The molecule has 1 fully saturated rings. The zero-order valence-corrected chi connectivity index (χ0v) is 9.39. The second-order valence-electron chi connectivity index (χ2n) is 4.52. The number of amides is 1. The van der Waals surface area contributed by atoms with Gasteiger partial charge in [-0.15, -0.1) is 0 Å². The Morgan fingerprint density at radius 3 is 2.65 bits per heavy atom. The van der Waals surface area contributed by atoms with E-state index < -0.39 is 0 Å². The van der Waals surface area contributed by atoms with Crippen molar-refractivity contribution in [3.8, 4) is 0 Å². The van der Waals surface area contributed by atoms with Gasteiger partial charge in [-0.05, 0) is 17.9 Å². The first kappa shape index (κ1) is 10.3. The van der Waals surface area contributed by atoms with E-state index in [0.29, 0.717) is 0 Å². The molecular formula is C14H14N2O. The first-order chi connectivity index (χ1) is 8.25. The summed E-state index contributed by atoms with van der Waals surface area (Å²) in [6, 6.07) is 14.0. The van der Waals surface area contributed by atoms with E-state index in [1.54, 1.807) is 0 Å². The Hall–Kier alpha value is -1.87. The van der Waals surface area contributed by atoms with E-state index in [9.17, 15) is 4.79 Å². The van der Waals surface area contributed by atoms with Crippen molar-refractivity contribution in [1.82, 2.24) is 0 Å². The van der Waals surface area contributed by atoms with Crippen molar-refractivity contribution in [1.29, 1.82) is 0 Å². The molecular weight excluding hydrogens is 212 g/mol. The average molecular weight is 226 g/mol. The van der Waals surface area contributed by atoms with Gasteiger partial charge < -0.3 is 11.1 Å². The summed E-state index contributed by atoms with van der Waals surface area (Å²) in [5.74, 6) is 0.0304. The number of hydrogen-bond donors (Lipinski definition) is 2. The van der Waals surface area contributed by atoms with Crippen LogP contribution in [-0.2, 0) is 4.79 Å². The summed E-state index contributed by atoms with van der Waals surface area (Å²) in [5, 5.41) is 5.16. The van der Waals surface area contributed by atoms with Gasteiger partial charge in [0.2, 0.25) is 5.91 Å². The van der Waals surface area contributed by atoms with E-state index in [4.69, 9.17) is 5.73 Å². The molecule has 17 heavy (non-hydrogen) atoms. The van der Waals surface area contributed by atoms with E-state index in [0.717, 1.165) is 22.9 Å². The van der Waals surface area contributed by atoms with Crippen molar-refractivity contribution >= 4 is 22.4 Å². The van der Waals surface area contributed by atoms with Crippen molar-refractivity contribution in [3.05, 3.63) is 42.5 Å². The van der Waals surface area contributed by atoms with Gasteiger partial charge in [0.15, 0.2) is 0 Å². The molecule has 0 heterocycles. The van der Waals surface area contributed by atoms with Crippen molar-refractivity contribution in [2.45, 2.75) is 12.5 Å². The lowest BCUT2D eigenvalue weighted by Crippen LogP contribution is -2.18. The molecule has 2 unspecified atom stereocenters. The van der Waals surface area contributed by atoms with Crippen LogP contribution < -0.4 is 11.1 Å². The maximum Gasteiger partial charge on any atom is 0.229 e. The van der Waals surface area contributed by atoms with Crippen LogP contribution in [0.2, 0.25) is 0 Å². The largest absolute Gasteiger partial charge is 0.327 e. The highest BCUT2D eigenvalue weighted by molar-refractivity contribution is 6.03. The molecule has 2 aromatic rings. The summed E-state index contributed by atoms with van der Waals surface area (Å²) in [7, 11) is 0. The molecule has 0 radical (unpaired) electrons. The predicted molar refractivity (Wildman–Crippen MR) is 68.7 cm³/mol. The molecule has 0 bridgehead atoms. The molecule has 1 saturated carbocycles. The van der Waals surface area contributed by atoms with Crippen LogP contribution in [0.3, 0.4) is 0 Å². The molecule has 3 N–H and O–H groups in total. The van der Waals surface area contributed by atoms with Crippen LogP contribution in [0.25, 0.3) is 10.8 Å². The van der Waals surface area contributed by atoms with Crippen LogP contribution in [0.5, 0.6) is 0 Å². The molecule has 3 heteroatoms. The van der Waals surface area contributed by atoms with Crippen molar-refractivity contribution < 1.29 is 4.79 Å². The zero-order valence-electron chi connectivity index (χ0n) is 9.39. The monoisotopic (exact) mass is 226 g/mol. The fraction of sp³-hybridized carbons (Fsp3) is 0.214. The van der Waals surface area contributed by atoms with Gasteiger partial charge in [-0.1, -0.05) is 36.4 Å². The molecule has 0 saturated heterocycles. The highest BCUT2D eigenvalue weighted by Crippen LogP contribution is 2.30. The Morgan fingerprint density at radius 2 is 1.88 bits per heavy atom. The van der Waals surface area contributed by atoms with Crippen molar-refractivity contribution in [3.63, 3.8) is 0 Å². The molecule has 3 rings (SSSR count). The third-order valence-electron chi connectivity index (χ3n) is 3.22. The summed E-state index contributed by atoms with van der Waals surface area (Å²) in [6.45, 7) is 0. The van der Waals surface area contributed by atoms with E-state index in [-0.39, 0.29) is 17.9 Å². The number of carbonyl (C=O) groups is 1. The fourth-order valence-electron chi connectivity index (χ4n) is 2.08. The molecule has 0 spiro atoms. The van der Waals surface area contributed by atoms with Crippen LogP contribution in [0.4, 0.5) is 5.69 Å². The minimum Gasteiger partial charge on any atom is -0.327 e. The summed E-state index contributed by atoms with van der Waals surface area (Å²) >= 11 is 0. The molecule has 1 amide bonds. The zero-order chi connectivity index (χ0) is 11.8. The van der Waals surface area contributed by atoms with E-state index in [1.165, 1.54) is 0 Å². The Balaban J connectivity index is 1.92. The lowest BCUT2D eigenvalue weighted by Gasteiger charge is -2.08. The van der Waals surface area contributed by atoms with Gasteiger partial charge in [0.25, 0.3) is 0 Å². The maximum absolute atomic E-state index is 11.8. The van der Waals surface area contributed by atoms with Gasteiger partial charge in [0.1, 0.15) is 0 Å². The SMILES string of the molecule is NC1CC1C(=O)Nc1cccc2ccccc12. The van der Waals surface area contributed by atoms with Crippen LogP contribution >= 0.6 is 0 Å². The smallest absolute Gasteiger partial charge is 0.229 e. The standard InChI is InChI=1S/C14H14N2O/c15-12-8-11(12)14(17)16-13-7-3-5-9-4-1-2-6-10(9)13/h1-7,11-12H,8,15H2,(H,16,17). The van der Waals surface area contributed by atoms with Crippen LogP contribution in [0.15, 0.2) is 42.5 Å². The third kappa shape index (κ3) is 1.89. The molecule has 2 aromatic carbocycles. The van der Waals surface area contributed by atoms with E-state index in [1.807, 2.05) is 42.5 Å². The Labute approximate surface area is 99.6 Å². The summed E-state index contributed by atoms with van der Waals surface area (Å²) < 4.78 is 0. The van der Waals surface area contributed by atoms with Crippen molar-refractivity contribution in [2.24, 2.45) is 11.7 Å². The van der Waals surface area contributed by atoms with Gasteiger partial charge in [0.05, 0.1) is 5.92 Å². The first-order valence-corrected chi connectivity index (χ1v) is 5.80. The number of nitrogens with two attached hydrogens (primary N) is 1. The molecule has 2 atom stereocenters. The molecule has 3 nitrogen and oxygen atoms in total. The highest BCUT2D eigenvalue weighted by Gasteiger charge is 2.40. The van der Waals surface area contributed by atoms with E-state index >= 15 is 0 Å². The number of anilines is 1. The Morgan fingerprint density at radius 1 is 1.18 bits per heavy atom. The van der Waals surface area contributed by atoms with Crippen LogP contribution in [0.1, 0.15) is 6.42 Å². The topological polar surface area (TPSA) is 55.1 Å². The average Bonchev–Trinajstić information content (AvgIpc) is 3.07. The third-order valence-corrected chi connectivity index (χ3v) is 3.22. The molecule has 1 aliphatic rings. The number of nitrogens with one attached hydrogen (secondary N) is 1.